The van der Waals surface area contributed by atoms with Gasteiger partial charge in [0, 0.05) is 16.8 Å². The lowest BCUT2D eigenvalue weighted by Gasteiger charge is -2.07. The average Bonchev–Trinajstić information content (AvgIpc) is 3.48. The van der Waals surface area contributed by atoms with E-state index in [0.29, 0.717) is 23.2 Å². The fourth-order valence-electron chi connectivity index (χ4n) is 3.05. The van der Waals surface area contributed by atoms with E-state index < -0.39 is 0 Å². The molecule has 1 aromatic heterocycles. The van der Waals surface area contributed by atoms with Gasteiger partial charge in [0.05, 0.1) is 6.42 Å². The zero-order valence-electron chi connectivity index (χ0n) is 15.9. The Hall–Kier alpha value is -3.25. The SMILES string of the molecule is C=CC(=O)Nc1ccc(-c2cccc(CC(=O)Nc3ncc(C4CC4)s3)c2)cc1. The smallest absolute Gasteiger partial charge is 0.247 e. The van der Waals surface area contributed by atoms with Gasteiger partial charge in [0.1, 0.15) is 0 Å². The topological polar surface area (TPSA) is 71.1 Å². The summed E-state index contributed by atoms with van der Waals surface area (Å²) in [6.45, 7) is 3.45. The van der Waals surface area contributed by atoms with Crippen molar-refractivity contribution in [3.8, 4) is 11.1 Å². The maximum atomic E-state index is 12.4. The highest BCUT2D eigenvalue weighted by Gasteiger charge is 2.25. The molecule has 0 aliphatic heterocycles. The first-order valence-corrected chi connectivity index (χ1v) is 10.3. The van der Waals surface area contributed by atoms with Gasteiger partial charge in [0.2, 0.25) is 11.8 Å². The highest BCUT2D eigenvalue weighted by Crippen LogP contribution is 2.43. The van der Waals surface area contributed by atoms with Crippen LogP contribution in [-0.2, 0) is 16.0 Å². The Bertz CT molecular complexity index is 1050. The first-order chi connectivity index (χ1) is 14.1. The molecule has 3 aromatic rings. The summed E-state index contributed by atoms with van der Waals surface area (Å²) in [6, 6.07) is 15.5. The zero-order chi connectivity index (χ0) is 20.2. The molecule has 2 aromatic carbocycles. The third-order valence-corrected chi connectivity index (χ3v) is 5.79. The molecule has 1 aliphatic carbocycles. The summed E-state index contributed by atoms with van der Waals surface area (Å²) in [5.74, 6) is 0.336. The van der Waals surface area contributed by atoms with Crippen LogP contribution in [0.5, 0.6) is 0 Å². The van der Waals surface area contributed by atoms with Crippen molar-refractivity contribution in [2.24, 2.45) is 0 Å². The number of nitrogens with zero attached hydrogens (tertiary/aromatic N) is 1. The van der Waals surface area contributed by atoms with Crippen LogP contribution in [-0.4, -0.2) is 16.8 Å². The number of thiazole rings is 1. The number of aromatic nitrogens is 1. The fourth-order valence-corrected chi connectivity index (χ4v) is 4.05. The molecule has 6 heteroatoms. The van der Waals surface area contributed by atoms with Crippen molar-refractivity contribution < 1.29 is 9.59 Å². The molecule has 1 heterocycles. The molecule has 0 atom stereocenters. The number of hydrogen-bond donors (Lipinski definition) is 2. The molecule has 2 N–H and O–H groups in total. The first kappa shape index (κ1) is 19.1. The molecule has 146 valence electrons. The minimum Gasteiger partial charge on any atom is -0.323 e. The predicted octanol–water partition coefficient (Wildman–Crippen LogP) is 4.99. The second-order valence-electron chi connectivity index (χ2n) is 7.04. The van der Waals surface area contributed by atoms with E-state index in [4.69, 9.17) is 0 Å². The van der Waals surface area contributed by atoms with E-state index in [-0.39, 0.29) is 11.8 Å². The number of carbonyl (C=O) groups excluding carboxylic acids is 2. The van der Waals surface area contributed by atoms with Gasteiger partial charge in [-0.05, 0) is 53.7 Å². The van der Waals surface area contributed by atoms with Crippen LogP contribution in [0, 0.1) is 0 Å². The molecule has 0 radical (unpaired) electrons. The lowest BCUT2D eigenvalue weighted by atomic mass is 10.0. The Morgan fingerprint density at radius 2 is 1.90 bits per heavy atom. The Morgan fingerprint density at radius 1 is 1.10 bits per heavy atom. The quantitative estimate of drug-likeness (QED) is 0.546. The molecule has 0 saturated heterocycles. The standard InChI is InChI=1S/C23H21N3O2S/c1-2-21(27)25-19-10-8-16(9-11-19)18-5-3-4-15(12-18)13-22(28)26-23-24-14-20(29-23)17-6-7-17/h2-5,8-12,14,17H,1,6-7,13H2,(H,25,27)(H,24,26,28). The Kier molecular flexibility index (Phi) is 5.53. The van der Waals surface area contributed by atoms with E-state index >= 15 is 0 Å². The van der Waals surface area contributed by atoms with E-state index in [0.717, 1.165) is 16.7 Å². The van der Waals surface area contributed by atoms with Crippen LogP contribution in [0.15, 0.2) is 67.4 Å². The third kappa shape index (κ3) is 4.97. The molecular weight excluding hydrogens is 382 g/mol. The maximum absolute atomic E-state index is 12.4. The molecule has 1 saturated carbocycles. The number of benzene rings is 2. The molecule has 0 spiro atoms. The van der Waals surface area contributed by atoms with Crippen LogP contribution in [0.2, 0.25) is 0 Å². The molecule has 1 aliphatic rings. The number of amides is 2. The van der Waals surface area contributed by atoms with E-state index in [1.807, 2.05) is 54.7 Å². The molecule has 5 nitrogen and oxygen atoms in total. The van der Waals surface area contributed by atoms with Crippen LogP contribution in [0.4, 0.5) is 10.8 Å². The largest absolute Gasteiger partial charge is 0.323 e. The normalized spacial score (nSPS) is 13.0. The second-order valence-corrected chi connectivity index (χ2v) is 8.10. The van der Waals surface area contributed by atoms with Crippen molar-refractivity contribution in [2.45, 2.75) is 25.2 Å². The van der Waals surface area contributed by atoms with Crippen molar-refractivity contribution in [2.75, 3.05) is 10.6 Å². The predicted molar refractivity (Wildman–Crippen MR) is 117 cm³/mol. The van der Waals surface area contributed by atoms with Crippen molar-refractivity contribution in [1.29, 1.82) is 0 Å². The Labute approximate surface area is 173 Å². The van der Waals surface area contributed by atoms with E-state index in [9.17, 15) is 9.59 Å². The Balaban J connectivity index is 1.40. The van der Waals surface area contributed by atoms with Crippen molar-refractivity contribution in [3.05, 3.63) is 77.8 Å². The highest BCUT2D eigenvalue weighted by molar-refractivity contribution is 7.15. The van der Waals surface area contributed by atoms with Crippen molar-refractivity contribution in [3.63, 3.8) is 0 Å². The summed E-state index contributed by atoms with van der Waals surface area (Å²) in [5.41, 5.74) is 3.67. The van der Waals surface area contributed by atoms with Gasteiger partial charge in [-0.25, -0.2) is 4.98 Å². The summed E-state index contributed by atoms with van der Waals surface area (Å²) in [7, 11) is 0. The minimum absolute atomic E-state index is 0.0682. The van der Waals surface area contributed by atoms with Gasteiger partial charge in [-0.15, -0.1) is 11.3 Å². The number of rotatable bonds is 7. The molecule has 2 amide bonds. The summed E-state index contributed by atoms with van der Waals surface area (Å²) >= 11 is 1.57. The third-order valence-electron chi connectivity index (χ3n) is 4.71. The van der Waals surface area contributed by atoms with Gasteiger partial charge in [0.25, 0.3) is 0 Å². The van der Waals surface area contributed by atoms with Crippen molar-refractivity contribution >= 4 is 34.0 Å². The van der Waals surface area contributed by atoms with Gasteiger partial charge in [-0.1, -0.05) is 43.0 Å². The van der Waals surface area contributed by atoms with E-state index in [1.54, 1.807) is 11.3 Å². The van der Waals surface area contributed by atoms with Crippen molar-refractivity contribution in [1.82, 2.24) is 4.98 Å². The van der Waals surface area contributed by atoms with Gasteiger partial charge < -0.3 is 10.6 Å². The molecule has 0 unspecified atom stereocenters. The maximum Gasteiger partial charge on any atom is 0.247 e. The lowest BCUT2D eigenvalue weighted by molar-refractivity contribution is -0.115. The first-order valence-electron chi connectivity index (χ1n) is 9.49. The zero-order valence-corrected chi connectivity index (χ0v) is 16.7. The van der Waals surface area contributed by atoms with Gasteiger partial charge in [0.15, 0.2) is 5.13 Å². The van der Waals surface area contributed by atoms with Gasteiger partial charge in [-0.3, -0.25) is 9.59 Å². The lowest BCUT2D eigenvalue weighted by Crippen LogP contribution is -2.14. The fraction of sp³-hybridized carbons (Fsp3) is 0.174. The number of hydrogen-bond acceptors (Lipinski definition) is 4. The molecule has 1 fully saturated rings. The molecular formula is C23H21N3O2S. The summed E-state index contributed by atoms with van der Waals surface area (Å²) in [6.07, 6.45) is 5.86. The van der Waals surface area contributed by atoms with Crippen LogP contribution in [0.3, 0.4) is 0 Å². The van der Waals surface area contributed by atoms with Crippen LogP contribution in [0.1, 0.15) is 29.2 Å². The summed E-state index contributed by atoms with van der Waals surface area (Å²) in [5, 5.41) is 6.30. The van der Waals surface area contributed by atoms with Crippen LogP contribution >= 0.6 is 11.3 Å². The number of nitrogens with one attached hydrogen (secondary N) is 2. The minimum atomic E-state index is -0.241. The van der Waals surface area contributed by atoms with Crippen LogP contribution in [0.25, 0.3) is 11.1 Å². The number of carbonyl (C=O) groups is 2. The molecule has 4 rings (SSSR count). The monoisotopic (exact) mass is 403 g/mol. The van der Waals surface area contributed by atoms with Gasteiger partial charge >= 0.3 is 0 Å². The highest BCUT2D eigenvalue weighted by atomic mass is 32.1. The van der Waals surface area contributed by atoms with E-state index in [2.05, 4.69) is 22.2 Å². The average molecular weight is 404 g/mol. The summed E-state index contributed by atoms with van der Waals surface area (Å²) < 4.78 is 0. The number of anilines is 2. The van der Waals surface area contributed by atoms with E-state index in [1.165, 1.54) is 23.8 Å². The Morgan fingerprint density at radius 3 is 2.62 bits per heavy atom. The van der Waals surface area contributed by atoms with Crippen LogP contribution < -0.4 is 10.6 Å². The molecule has 29 heavy (non-hydrogen) atoms. The second kappa shape index (κ2) is 8.41. The molecule has 0 bridgehead atoms. The van der Waals surface area contributed by atoms with Gasteiger partial charge in [-0.2, -0.15) is 0 Å². The summed E-state index contributed by atoms with van der Waals surface area (Å²) in [4.78, 5) is 29.4.